The maximum atomic E-state index is 14.1. The van der Waals surface area contributed by atoms with Gasteiger partial charge in [0.15, 0.2) is 0 Å². The summed E-state index contributed by atoms with van der Waals surface area (Å²) in [4.78, 5) is 54.6. The molecule has 2 aliphatic heterocycles. The summed E-state index contributed by atoms with van der Waals surface area (Å²) in [6.45, 7) is 7.23. The molecule has 0 aliphatic carbocycles. The first-order chi connectivity index (χ1) is 19.8. The summed E-state index contributed by atoms with van der Waals surface area (Å²) >= 11 is 0. The molecule has 1 atom stereocenters. The molecule has 5 aromatic rings. The van der Waals surface area contributed by atoms with Crippen molar-refractivity contribution in [3.8, 4) is 0 Å². The quantitative estimate of drug-likeness (QED) is 0.0771. The Morgan fingerprint density at radius 3 is 1.55 bits per heavy atom. The third-order valence-electron chi connectivity index (χ3n) is 8.50. The van der Waals surface area contributed by atoms with Gasteiger partial charge in [0.1, 0.15) is 7.85 Å². The first-order valence-electron chi connectivity index (χ1n) is 13.7. The summed E-state index contributed by atoms with van der Waals surface area (Å²) in [5, 5.41) is 15.4. The largest absolute Gasteiger partial charge is 0.401 e. The number of aliphatic hydroxyl groups excluding tert-OH is 1. The van der Waals surface area contributed by atoms with E-state index in [0.717, 1.165) is 32.3 Å². The van der Waals surface area contributed by atoms with Crippen molar-refractivity contribution >= 4 is 74.7 Å². The van der Waals surface area contributed by atoms with Crippen LogP contribution in [0.25, 0.3) is 43.1 Å². The minimum Gasteiger partial charge on any atom is -0.401 e. The summed E-state index contributed by atoms with van der Waals surface area (Å²) in [5.41, 5.74) is -0.226. The van der Waals surface area contributed by atoms with E-state index in [9.17, 15) is 24.3 Å². The Bertz CT molecular complexity index is 1940. The van der Waals surface area contributed by atoms with Crippen molar-refractivity contribution in [3.63, 3.8) is 0 Å². The molecule has 0 fully saturated rings. The van der Waals surface area contributed by atoms with Gasteiger partial charge in [0, 0.05) is 33.4 Å². The Hall–Kier alpha value is -4.34. The second-order valence-corrected chi connectivity index (χ2v) is 12.4. The van der Waals surface area contributed by atoms with Gasteiger partial charge in [-0.15, -0.1) is 0 Å². The minimum atomic E-state index is -1.14. The molecule has 8 nitrogen and oxygen atoms in total. The van der Waals surface area contributed by atoms with Crippen molar-refractivity contribution in [2.75, 3.05) is 6.61 Å². The molecule has 1 unspecified atom stereocenters. The molecular formula is C33H26BNO7. The molecule has 0 spiro atoms. The van der Waals surface area contributed by atoms with Gasteiger partial charge in [0.25, 0.3) is 11.8 Å². The standard InChI is InChI=1S/C33H26BNO7/c1-32(2,14-33(3,4)41-13-23(34)36)35-28(37)19-9-5-15-17-7-11-21-27-22(31(40)42-30(21)39)12-8-18(25(17)27)16-6-10-20(29(35)38)26(19)24(15)16/h5-12,23,36H,13-14H2,1-4H3. The Morgan fingerprint density at radius 1 is 0.714 bits per heavy atom. The van der Waals surface area contributed by atoms with Crippen LogP contribution in [0, 0.1) is 0 Å². The molecule has 5 aromatic carbocycles. The normalized spacial score (nSPS) is 16.4. The van der Waals surface area contributed by atoms with E-state index in [1.54, 1.807) is 24.3 Å². The van der Waals surface area contributed by atoms with Gasteiger partial charge < -0.3 is 14.6 Å². The molecule has 9 heteroatoms. The van der Waals surface area contributed by atoms with Gasteiger partial charge in [-0.05, 0) is 90.7 Å². The second kappa shape index (κ2) is 8.59. The van der Waals surface area contributed by atoms with Crippen LogP contribution in [0.3, 0.4) is 0 Å². The van der Waals surface area contributed by atoms with Gasteiger partial charge >= 0.3 is 11.9 Å². The van der Waals surface area contributed by atoms with Gasteiger partial charge in [-0.25, -0.2) is 9.59 Å². The van der Waals surface area contributed by atoms with E-state index in [1.165, 1.54) is 4.90 Å². The van der Waals surface area contributed by atoms with E-state index in [0.29, 0.717) is 39.4 Å². The molecule has 0 saturated carbocycles. The number of ether oxygens (including phenoxy) is 2. The second-order valence-electron chi connectivity index (χ2n) is 12.4. The average molecular weight is 559 g/mol. The predicted molar refractivity (Wildman–Crippen MR) is 158 cm³/mol. The summed E-state index contributed by atoms with van der Waals surface area (Å²) in [6.07, 6.45) is 0.306. The van der Waals surface area contributed by atoms with Gasteiger partial charge in [0.05, 0.1) is 23.3 Å². The van der Waals surface area contributed by atoms with Crippen LogP contribution in [0.5, 0.6) is 0 Å². The molecule has 208 valence electrons. The molecule has 1 N–H and O–H groups in total. The van der Waals surface area contributed by atoms with Crippen LogP contribution in [-0.4, -0.2) is 65.4 Å². The number of hydrogen-bond acceptors (Lipinski definition) is 7. The highest BCUT2D eigenvalue weighted by molar-refractivity contribution is 6.40. The van der Waals surface area contributed by atoms with Crippen molar-refractivity contribution in [2.24, 2.45) is 0 Å². The lowest BCUT2D eigenvalue weighted by Crippen LogP contribution is -2.55. The highest BCUT2D eigenvalue weighted by Crippen LogP contribution is 2.47. The van der Waals surface area contributed by atoms with E-state index in [-0.39, 0.29) is 6.61 Å². The van der Waals surface area contributed by atoms with Crippen LogP contribution in [0.2, 0.25) is 0 Å². The lowest BCUT2D eigenvalue weighted by Gasteiger charge is -2.43. The third-order valence-corrected chi connectivity index (χ3v) is 8.50. The first kappa shape index (κ1) is 26.6. The number of carbonyl (C=O) groups excluding carboxylic acids is 4. The minimum absolute atomic E-state index is 0.0781. The van der Waals surface area contributed by atoms with Crippen molar-refractivity contribution < 1.29 is 33.8 Å². The van der Waals surface area contributed by atoms with Crippen molar-refractivity contribution in [1.82, 2.24) is 4.90 Å². The zero-order valence-corrected chi connectivity index (χ0v) is 23.5. The van der Waals surface area contributed by atoms with E-state index in [4.69, 9.17) is 17.3 Å². The molecule has 2 amide bonds. The summed E-state index contributed by atoms with van der Waals surface area (Å²) in [7, 11) is 5.45. The maximum absolute atomic E-state index is 14.1. The smallest absolute Gasteiger partial charge is 0.346 e. The van der Waals surface area contributed by atoms with Crippen molar-refractivity contribution in [3.05, 3.63) is 70.8 Å². The molecule has 0 bridgehead atoms. The molecule has 7 rings (SSSR count). The zero-order chi connectivity index (χ0) is 29.9. The molecule has 2 radical (unpaired) electrons. The number of benzene rings is 5. The molecule has 42 heavy (non-hydrogen) atoms. The number of aliphatic hydroxyl groups is 1. The summed E-state index contributed by atoms with van der Waals surface area (Å²) in [6, 6.07) is 13.1. The van der Waals surface area contributed by atoms with E-state index >= 15 is 0 Å². The SMILES string of the molecule is [B]C(O)COC(C)(C)CC(C)(C)N1C(=O)c2ccc3c4ccc5c6c(ccc(c7ccc(c2c37)C1=O)c64)C(=O)OC5=O. The monoisotopic (exact) mass is 559 g/mol. The number of imide groups is 1. The fourth-order valence-electron chi connectivity index (χ4n) is 7.15. The Balaban J connectivity index is 1.44. The number of nitrogens with zero attached hydrogens (tertiary/aromatic N) is 1. The lowest BCUT2D eigenvalue weighted by atomic mass is 9.81. The number of amides is 2. The molecule has 0 aromatic heterocycles. The van der Waals surface area contributed by atoms with Crippen LogP contribution in [0.4, 0.5) is 0 Å². The topological polar surface area (TPSA) is 110 Å². The number of esters is 2. The Labute approximate surface area is 241 Å². The highest BCUT2D eigenvalue weighted by Gasteiger charge is 2.45. The van der Waals surface area contributed by atoms with E-state index < -0.39 is 40.9 Å². The van der Waals surface area contributed by atoms with Gasteiger partial charge in [-0.1, -0.05) is 24.3 Å². The lowest BCUT2D eigenvalue weighted by molar-refractivity contribution is -0.0667. The van der Waals surface area contributed by atoms with Gasteiger partial charge in [-0.2, -0.15) is 0 Å². The maximum Gasteiger partial charge on any atom is 0.346 e. The first-order valence-corrected chi connectivity index (χ1v) is 13.7. The Kier molecular flexibility index (Phi) is 5.43. The number of carbonyl (C=O) groups is 4. The fourth-order valence-corrected chi connectivity index (χ4v) is 7.15. The molecule has 0 saturated heterocycles. The molecule has 2 aliphatic rings. The van der Waals surface area contributed by atoms with Crippen molar-refractivity contribution in [2.45, 2.75) is 51.3 Å². The van der Waals surface area contributed by atoms with Gasteiger partial charge in [-0.3, -0.25) is 14.5 Å². The number of cyclic esters (lactones) is 2. The van der Waals surface area contributed by atoms with E-state index in [2.05, 4.69) is 0 Å². The molecular weight excluding hydrogens is 533 g/mol. The van der Waals surface area contributed by atoms with Crippen LogP contribution in [0.15, 0.2) is 48.5 Å². The van der Waals surface area contributed by atoms with Crippen LogP contribution < -0.4 is 0 Å². The highest BCUT2D eigenvalue weighted by atomic mass is 16.6. The summed E-state index contributed by atoms with van der Waals surface area (Å²) in [5.74, 6) is -2.17. The van der Waals surface area contributed by atoms with E-state index in [1.807, 2.05) is 52.0 Å². The third kappa shape index (κ3) is 3.56. The molecule has 2 heterocycles. The van der Waals surface area contributed by atoms with Crippen LogP contribution in [0.1, 0.15) is 75.5 Å². The number of fused-ring (bicyclic) bond motifs is 2. The predicted octanol–water partition coefficient (Wildman–Crippen LogP) is 5.09. The fraction of sp³-hybridized carbons (Fsp3) is 0.273. The van der Waals surface area contributed by atoms with Gasteiger partial charge in [0.2, 0.25) is 0 Å². The average Bonchev–Trinajstić information content (AvgIpc) is 2.92. The zero-order valence-electron chi connectivity index (χ0n) is 23.5. The van der Waals surface area contributed by atoms with Crippen LogP contribution >= 0.6 is 0 Å². The number of hydrogen-bond donors (Lipinski definition) is 1. The van der Waals surface area contributed by atoms with Crippen molar-refractivity contribution in [1.29, 1.82) is 0 Å². The summed E-state index contributed by atoms with van der Waals surface area (Å²) < 4.78 is 10.7. The Morgan fingerprint density at radius 2 is 1.12 bits per heavy atom. The van der Waals surface area contributed by atoms with Crippen LogP contribution in [-0.2, 0) is 9.47 Å². The number of rotatable bonds is 6.